The normalized spacial score (nSPS) is 11.4. The third-order valence-electron chi connectivity index (χ3n) is 3.25. The van der Waals surface area contributed by atoms with Crippen LogP contribution < -0.4 is 5.32 Å². The SMILES string of the molecule is N#Cc1ccsc1NC(=O)Cn1c(C(F)(F)F)nc2ccccc21. The lowest BCUT2D eigenvalue weighted by Gasteiger charge is -2.11. The second-order valence-corrected chi connectivity index (χ2v) is 5.75. The van der Waals surface area contributed by atoms with Gasteiger partial charge in [0.15, 0.2) is 0 Å². The lowest BCUT2D eigenvalue weighted by Crippen LogP contribution is -2.23. The highest BCUT2D eigenvalue weighted by atomic mass is 32.1. The maximum absolute atomic E-state index is 13.2. The Labute approximate surface area is 138 Å². The summed E-state index contributed by atoms with van der Waals surface area (Å²) in [6.45, 7) is -0.557. The molecule has 0 bridgehead atoms. The Kier molecular flexibility index (Phi) is 3.99. The molecule has 2 aromatic heterocycles. The van der Waals surface area contributed by atoms with E-state index in [4.69, 9.17) is 5.26 Å². The quantitative estimate of drug-likeness (QED) is 0.784. The number of carbonyl (C=O) groups excluding carboxylic acids is 1. The third kappa shape index (κ3) is 2.96. The van der Waals surface area contributed by atoms with E-state index in [1.165, 1.54) is 18.2 Å². The first-order valence-corrected chi connectivity index (χ1v) is 7.58. The minimum Gasteiger partial charge on any atom is -0.315 e. The van der Waals surface area contributed by atoms with Crippen molar-refractivity contribution >= 4 is 33.3 Å². The van der Waals surface area contributed by atoms with Crippen LogP contribution in [-0.4, -0.2) is 15.5 Å². The largest absolute Gasteiger partial charge is 0.449 e. The third-order valence-corrected chi connectivity index (χ3v) is 4.08. The van der Waals surface area contributed by atoms with Gasteiger partial charge in [-0.2, -0.15) is 18.4 Å². The number of para-hydroxylation sites is 2. The first kappa shape index (κ1) is 16.0. The maximum atomic E-state index is 13.2. The molecule has 0 atom stereocenters. The Bertz CT molecular complexity index is 952. The Hall–Kier alpha value is -2.86. The molecule has 24 heavy (non-hydrogen) atoms. The van der Waals surface area contributed by atoms with Crippen molar-refractivity contribution in [2.75, 3.05) is 5.32 Å². The van der Waals surface area contributed by atoms with Crippen LogP contribution in [-0.2, 0) is 17.5 Å². The fourth-order valence-electron chi connectivity index (χ4n) is 2.26. The molecule has 1 N–H and O–H groups in total. The summed E-state index contributed by atoms with van der Waals surface area (Å²) in [4.78, 5) is 15.7. The first-order chi connectivity index (χ1) is 11.4. The zero-order valence-electron chi connectivity index (χ0n) is 12.0. The summed E-state index contributed by atoms with van der Waals surface area (Å²) >= 11 is 1.13. The van der Waals surface area contributed by atoms with E-state index in [0.717, 1.165) is 15.9 Å². The molecule has 5 nitrogen and oxygen atoms in total. The smallest absolute Gasteiger partial charge is 0.315 e. The van der Waals surface area contributed by atoms with Crippen molar-refractivity contribution < 1.29 is 18.0 Å². The number of imidazole rings is 1. The number of rotatable bonds is 3. The zero-order valence-corrected chi connectivity index (χ0v) is 12.8. The van der Waals surface area contributed by atoms with Gasteiger partial charge in [0.05, 0.1) is 16.6 Å². The van der Waals surface area contributed by atoms with Crippen LogP contribution in [0.1, 0.15) is 11.4 Å². The molecule has 3 rings (SSSR count). The summed E-state index contributed by atoms with van der Waals surface area (Å²) < 4.78 is 40.4. The van der Waals surface area contributed by atoms with E-state index in [1.807, 2.05) is 6.07 Å². The molecule has 0 saturated heterocycles. The van der Waals surface area contributed by atoms with E-state index in [-0.39, 0.29) is 16.6 Å². The summed E-state index contributed by atoms with van der Waals surface area (Å²) in [6, 6.07) is 9.49. The van der Waals surface area contributed by atoms with E-state index in [1.54, 1.807) is 17.5 Å². The molecule has 0 unspecified atom stereocenters. The molecule has 9 heteroatoms. The van der Waals surface area contributed by atoms with E-state index in [0.29, 0.717) is 5.00 Å². The van der Waals surface area contributed by atoms with E-state index < -0.39 is 24.5 Å². The number of nitrogens with one attached hydrogen (secondary N) is 1. The molecule has 2 heterocycles. The molecule has 0 saturated carbocycles. The second-order valence-electron chi connectivity index (χ2n) is 4.83. The van der Waals surface area contributed by atoms with Gasteiger partial charge >= 0.3 is 6.18 Å². The number of nitrogens with zero attached hydrogens (tertiary/aromatic N) is 3. The number of halogens is 3. The summed E-state index contributed by atoms with van der Waals surface area (Å²) in [5.74, 6) is -1.80. The van der Waals surface area contributed by atoms with Crippen LogP contribution >= 0.6 is 11.3 Å². The first-order valence-electron chi connectivity index (χ1n) is 6.70. The van der Waals surface area contributed by atoms with Crippen LogP contribution in [0.15, 0.2) is 35.7 Å². The average molecular weight is 350 g/mol. The van der Waals surface area contributed by atoms with Crippen molar-refractivity contribution in [2.45, 2.75) is 12.7 Å². The predicted molar refractivity (Wildman–Crippen MR) is 82.4 cm³/mol. The van der Waals surface area contributed by atoms with Gasteiger partial charge in [-0.1, -0.05) is 12.1 Å². The maximum Gasteiger partial charge on any atom is 0.449 e. The number of hydrogen-bond acceptors (Lipinski definition) is 4. The van der Waals surface area contributed by atoms with Gasteiger partial charge in [-0.3, -0.25) is 4.79 Å². The van der Waals surface area contributed by atoms with Gasteiger partial charge in [-0.15, -0.1) is 11.3 Å². The number of alkyl halides is 3. The van der Waals surface area contributed by atoms with Crippen molar-refractivity contribution in [2.24, 2.45) is 0 Å². The van der Waals surface area contributed by atoms with Gasteiger partial charge in [0.2, 0.25) is 11.7 Å². The minimum absolute atomic E-state index is 0.159. The molecule has 0 radical (unpaired) electrons. The van der Waals surface area contributed by atoms with Gasteiger partial charge in [0, 0.05) is 0 Å². The van der Waals surface area contributed by atoms with Crippen molar-refractivity contribution in [1.82, 2.24) is 9.55 Å². The van der Waals surface area contributed by atoms with E-state index in [2.05, 4.69) is 10.3 Å². The predicted octanol–water partition coefficient (Wildman–Crippen LogP) is 3.63. The fourth-order valence-corrected chi connectivity index (χ4v) is 3.01. The van der Waals surface area contributed by atoms with Crippen molar-refractivity contribution in [1.29, 1.82) is 5.26 Å². The number of fused-ring (bicyclic) bond motifs is 1. The van der Waals surface area contributed by atoms with Crippen LogP contribution in [0.3, 0.4) is 0 Å². The highest BCUT2D eigenvalue weighted by Gasteiger charge is 2.38. The average Bonchev–Trinajstić information content (AvgIpc) is 3.11. The number of anilines is 1. The van der Waals surface area contributed by atoms with Crippen LogP contribution in [0.2, 0.25) is 0 Å². The van der Waals surface area contributed by atoms with Gasteiger partial charge in [0.1, 0.15) is 17.6 Å². The topological polar surface area (TPSA) is 70.7 Å². The molecule has 0 spiro atoms. The number of hydrogen-bond donors (Lipinski definition) is 1. The Morgan fingerprint density at radius 3 is 2.79 bits per heavy atom. The lowest BCUT2D eigenvalue weighted by molar-refractivity contribution is -0.147. The van der Waals surface area contributed by atoms with Crippen LogP contribution in [0.25, 0.3) is 11.0 Å². The van der Waals surface area contributed by atoms with Gasteiger partial charge in [-0.05, 0) is 23.6 Å². The van der Waals surface area contributed by atoms with Crippen LogP contribution in [0, 0.1) is 11.3 Å². The number of nitriles is 1. The molecule has 0 aliphatic rings. The zero-order chi connectivity index (χ0) is 17.3. The second kappa shape index (κ2) is 5.98. The van der Waals surface area contributed by atoms with Gasteiger partial charge < -0.3 is 9.88 Å². The lowest BCUT2D eigenvalue weighted by atomic mass is 10.3. The molecule has 1 amide bonds. The molecular weight excluding hydrogens is 341 g/mol. The number of benzene rings is 1. The Morgan fingerprint density at radius 2 is 2.08 bits per heavy atom. The molecule has 0 aliphatic carbocycles. The monoisotopic (exact) mass is 350 g/mol. The summed E-state index contributed by atoms with van der Waals surface area (Å²) in [5, 5.41) is 13.3. The van der Waals surface area contributed by atoms with Crippen LogP contribution in [0.4, 0.5) is 18.2 Å². The standard InChI is InChI=1S/C15H9F3N4OS/c16-15(17,18)14-20-10-3-1-2-4-11(10)22(14)8-12(23)21-13-9(7-19)5-6-24-13/h1-6H,8H2,(H,21,23). The van der Waals surface area contributed by atoms with Crippen molar-refractivity contribution in [3.05, 3.63) is 47.1 Å². The number of aromatic nitrogens is 2. The Morgan fingerprint density at radius 1 is 1.33 bits per heavy atom. The summed E-state index contributed by atoms with van der Waals surface area (Å²) in [5.41, 5.74) is 0.637. The van der Waals surface area contributed by atoms with E-state index >= 15 is 0 Å². The fraction of sp³-hybridized carbons (Fsp3) is 0.133. The molecule has 1 aromatic carbocycles. The number of carbonyl (C=O) groups is 1. The van der Waals surface area contributed by atoms with Crippen LogP contribution in [0.5, 0.6) is 0 Å². The summed E-state index contributed by atoms with van der Waals surface area (Å²) in [6.07, 6.45) is -4.68. The highest BCUT2D eigenvalue weighted by molar-refractivity contribution is 7.14. The van der Waals surface area contributed by atoms with Crippen molar-refractivity contribution in [3.8, 4) is 6.07 Å². The summed E-state index contributed by atoms with van der Waals surface area (Å²) in [7, 11) is 0. The van der Waals surface area contributed by atoms with Gasteiger partial charge in [0.25, 0.3) is 0 Å². The highest BCUT2D eigenvalue weighted by Crippen LogP contribution is 2.31. The number of amides is 1. The molecule has 0 fully saturated rings. The minimum atomic E-state index is -4.68. The number of thiophene rings is 1. The van der Waals surface area contributed by atoms with Crippen molar-refractivity contribution in [3.63, 3.8) is 0 Å². The molecular formula is C15H9F3N4OS. The molecule has 3 aromatic rings. The Balaban J connectivity index is 1.94. The van der Waals surface area contributed by atoms with Gasteiger partial charge in [-0.25, -0.2) is 4.98 Å². The molecule has 122 valence electrons. The van der Waals surface area contributed by atoms with E-state index in [9.17, 15) is 18.0 Å². The molecule has 0 aliphatic heterocycles.